The normalized spacial score (nSPS) is 10.5. The van der Waals surface area contributed by atoms with Crippen molar-refractivity contribution in [1.82, 2.24) is 0 Å². The second-order valence-electron chi connectivity index (χ2n) is 8.34. The van der Waals surface area contributed by atoms with Gasteiger partial charge in [0.05, 0.1) is 0 Å². The van der Waals surface area contributed by atoms with Gasteiger partial charge in [0.25, 0.3) is 0 Å². The molecule has 3 aromatic carbocycles. The molecule has 6 heteroatoms. The van der Waals surface area contributed by atoms with Gasteiger partial charge < -0.3 is 24.8 Å². The third-order valence-corrected chi connectivity index (χ3v) is 13.9. The fourth-order valence-electron chi connectivity index (χ4n) is 2.19. The van der Waals surface area contributed by atoms with Crippen LogP contribution in [0.25, 0.3) is 10.8 Å². The Morgan fingerprint density at radius 2 is 1.48 bits per heavy atom. The van der Waals surface area contributed by atoms with E-state index in [2.05, 4.69) is 82.1 Å². The first-order valence-corrected chi connectivity index (χ1v) is 17.4. The Balaban J connectivity index is 0. The van der Waals surface area contributed by atoms with Gasteiger partial charge in [-0.25, -0.2) is 12.1 Å². The summed E-state index contributed by atoms with van der Waals surface area (Å²) in [6.07, 6.45) is 0. The monoisotopic (exact) mass is 542 g/mol. The number of hydrogen-bond donors (Lipinski definition) is 0. The zero-order chi connectivity index (χ0) is 20.3. The summed E-state index contributed by atoms with van der Waals surface area (Å²) in [5.74, 6) is 0. The number of benzene rings is 1. The standard InChI is InChI=1S/C9H22OSi2.C9H7.C5H5.2ClH.Zr/c1-7-12(5,6)9-8-10-11(2,3)4;1-2-5-9-7-3-6-8(9)4-1;1-2-4-5-3-1;;;/h8-9H2,1-6H3;1-7H;1-5H;2*1H;/q;2*-1;;;+2/p-2. The van der Waals surface area contributed by atoms with E-state index in [1.165, 1.54) is 16.8 Å². The maximum absolute atomic E-state index is 5.89. The maximum atomic E-state index is 5.89. The molecule has 0 aliphatic rings. The van der Waals surface area contributed by atoms with Gasteiger partial charge in [0.1, 0.15) is 0 Å². The molecule has 0 amide bonds. The second-order valence-corrected chi connectivity index (χ2v) is 20.9. The molecule has 1 nitrogen and oxygen atoms in total. The Bertz CT molecular complexity index is 730. The molecule has 0 unspecified atom stereocenters. The van der Waals surface area contributed by atoms with E-state index in [4.69, 9.17) is 4.43 Å². The van der Waals surface area contributed by atoms with E-state index >= 15 is 0 Å². The predicted molar refractivity (Wildman–Crippen MR) is 124 cm³/mol. The minimum absolute atomic E-state index is 0. The zero-order valence-electron chi connectivity index (χ0n) is 18.5. The van der Waals surface area contributed by atoms with Gasteiger partial charge >= 0.3 is 100 Å². The van der Waals surface area contributed by atoms with Crippen molar-refractivity contribution < 1.29 is 53.5 Å². The van der Waals surface area contributed by atoms with Crippen LogP contribution in [0.5, 0.6) is 0 Å². The molecule has 160 valence electrons. The average molecular weight is 545 g/mol. The largest absolute Gasteiger partial charge is 1.00 e. The van der Waals surface area contributed by atoms with Crippen LogP contribution in [0.15, 0.2) is 72.8 Å². The second kappa shape index (κ2) is 15.7. The fraction of sp³-hybridized carbons (Fsp3) is 0.348. The van der Waals surface area contributed by atoms with Crippen molar-refractivity contribution >= 4 is 30.0 Å². The van der Waals surface area contributed by atoms with Crippen molar-refractivity contribution in [2.24, 2.45) is 0 Å². The minimum Gasteiger partial charge on any atom is -1.00 e. The van der Waals surface area contributed by atoms with Gasteiger partial charge in [-0.1, -0.05) is 6.07 Å². The first-order valence-electron chi connectivity index (χ1n) is 9.58. The van der Waals surface area contributed by atoms with Crippen LogP contribution in [-0.2, 0) is 28.7 Å². The summed E-state index contributed by atoms with van der Waals surface area (Å²) in [4.78, 5) is 0. The van der Waals surface area contributed by atoms with Crippen LogP contribution in [0.1, 0.15) is 6.92 Å². The van der Waals surface area contributed by atoms with Crippen LogP contribution in [0, 0.1) is 0 Å². The molecule has 3 rings (SSSR count). The van der Waals surface area contributed by atoms with Crippen molar-refractivity contribution in [3.05, 3.63) is 72.8 Å². The maximum Gasteiger partial charge on any atom is -0.0809 e. The molecular formula is C23H34Cl2OSi2Zr-2. The summed E-state index contributed by atoms with van der Waals surface area (Å²) >= 11 is 1.62. The Hall–Kier alpha value is -0.0931. The zero-order valence-corrected chi connectivity index (χ0v) is 24.5. The van der Waals surface area contributed by atoms with Crippen LogP contribution >= 0.6 is 0 Å². The quantitative estimate of drug-likeness (QED) is 0.341. The number of rotatable bonds is 5. The van der Waals surface area contributed by atoms with E-state index in [9.17, 15) is 0 Å². The van der Waals surface area contributed by atoms with Crippen LogP contribution in [0.2, 0.25) is 38.8 Å². The van der Waals surface area contributed by atoms with Crippen LogP contribution in [0.3, 0.4) is 0 Å². The van der Waals surface area contributed by atoms with Gasteiger partial charge in [-0.05, 0) is 0 Å². The summed E-state index contributed by atoms with van der Waals surface area (Å²) < 4.78 is 7.61. The topological polar surface area (TPSA) is 9.23 Å². The van der Waals surface area contributed by atoms with Gasteiger partial charge in [-0.2, -0.15) is 35.7 Å². The molecule has 3 aromatic rings. The van der Waals surface area contributed by atoms with Gasteiger partial charge in [0.2, 0.25) is 0 Å². The summed E-state index contributed by atoms with van der Waals surface area (Å²) in [5.41, 5.74) is 0. The van der Waals surface area contributed by atoms with E-state index in [1.807, 2.05) is 30.3 Å². The summed E-state index contributed by atoms with van der Waals surface area (Å²) in [5, 5.41) is 2.66. The summed E-state index contributed by atoms with van der Waals surface area (Å²) in [6, 6.07) is 26.0. The number of fused-ring (bicyclic) bond motifs is 1. The molecule has 0 aliphatic heterocycles. The Morgan fingerprint density at radius 1 is 0.897 bits per heavy atom. The summed E-state index contributed by atoms with van der Waals surface area (Å²) in [7, 11) is -2.30. The molecule has 0 heterocycles. The van der Waals surface area contributed by atoms with Gasteiger partial charge in [0.15, 0.2) is 0 Å². The van der Waals surface area contributed by atoms with Crippen LogP contribution in [0.4, 0.5) is 0 Å². The molecule has 0 aliphatic carbocycles. The van der Waals surface area contributed by atoms with Gasteiger partial charge in [0, 0.05) is 0 Å². The van der Waals surface area contributed by atoms with Crippen LogP contribution < -0.4 is 24.8 Å². The Labute approximate surface area is 207 Å². The molecule has 0 radical (unpaired) electrons. The number of halogens is 2. The molecular weight excluding hydrogens is 511 g/mol. The van der Waals surface area contributed by atoms with E-state index in [0.717, 1.165) is 6.61 Å². The molecule has 0 saturated heterocycles. The van der Waals surface area contributed by atoms with Crippen LogP contribution in [-0.4, -0.2) is 25.8 Å². The molecule has 0 atom stereocenters. The fourth-order valence-corrected chi connectivity index (χ4v) is 5.02. The van der Waals surface area contributed by atoms with E-state index in [1.54, 1.807) is 27.1 Å². The van der Waals surface area contributed by atoms with Crippen molar-refractivity contribution in [3.8, 4) is 0 Å². The van der Waals surface area contributed by atoms with Crippen molar-refractivity contribution in [2.45, 2.75) is 45.7 Å². The van der Waals surface area contributed by atoms with Crippen molar-refractivity contribution in [2.75, 3.05) is 6.61 Å². The molecule has 0 fully saturated rings. The van der Waals surface area contributed by atoms with Crippen molar-refractivity contribution in [1.29, 1.82) is 0 Å². The van der Waals surface area contributed by atoms with E-state index in [0.29, 0.717) is 0 Å². The Morgan fingerprint density at radius 3 is 1.93 bits per heavy atom. The molecule has 0 N–H and O–H groups in total. The van der Waals surface area contributed by atoms with E-state index < -0.39 is 16.4 Å². The molecule has 0 aromatic heterocycles. The average Bonchev–Trinajstić information content (AvgIpc) is 3.28. The van der Waals surface area contributed by atoms with Crippen molar-refractivity contribution in [3.63, 3.8) is 0 Å². The first-order chi connectivity index (χ1) is 12.6. The number of hydrogen-bond acceptors (Lipinski definition) is 1. The molecule has 0 saturated carbocycles. The SMILES string of the molecule is C[C](=[Zr+2])[Si](C)(C)CCO[Si](C)(C)C.[Cl-].[Cl-].c1cc[cH-]c1.c1ccc2[cH-]ccc2c1. The smallest absolute Gasteiger partial charge is 0.0809 e. The van der Waals surface area contributed by atoms with Gasteiger partial charge in [-0.15, -0.1) is 29.7 Å². The van der Waals surface area contributed by atoms with Gasteiger partial charge in [-0.3, -0.25) is 0 Å². The molecule has 0 bridgehead atoms. The van der Waals surface area contributed by atoms with E-state index in [-0.39, 0.29) is 24.8 Å². The third-order valence-electron chi connectivity index (χ3n) is 4.38. The minimum atomic E-state index is -1.27. The first kappa shape index (κ1) is 31.1. The summed E-state index contributed by atoms with van der Waals surface area (Å²) in [6.45, 7) is 15.0. The third kappa shape index (κ3) is 14.5. The molecule has 0 spiro atoms. The predicted octanol–water partition coefficient (Wildman–Crippen LogP) is 0.797. The Kier molecular flexibility index (Phi) is 16.8. The molecule has 29 heavy (non-hydrogen) atoms.